The van der Waals surface area contributed by atoms with E-state index in [2.05, 4.69) is 10.6 Å². The Labute approximate surface area is 81.5 Å². The van der Waals surface area contributed by atoms with Crippen LogP contribution in [0.4, 0.5) is 0 Å². The number of carbonyl (C=O) groups excluding carboxylic acids is 2. The molecule has 3 heterocycles. The zero-order valence-corrected chi connectivity index (χ0v) is 7.66. The van der Waals surface area contributed by atoms with Crippen LogP contribution >= 0.6 is 0 Å². The molecule has 0 aromatic rings. The molecule has 0 spiro atoms. The average Bonchev–Trinajstić information content (AvgIpc) is 2.18. The molecule has 2 N–H and O–H groups in total. The van der Waals surface area contributed by atoms with Gasteiger partial charge < -0.3 is 15.4 Å². The Morgan fingerprint density at radius 3 is 2.71 bits per heavy atom. The van der Waals surface area contributed by atoms with Gasteiger partial charge in [0, 0.05) is 0 Å². The number of hydrogen-bond donors (Lipinski definition) is 2. The normalized spacial score (nSPS) is 34.6. The van der Waals surface area contributed by atoms with Crippen molar-refractivity contribution in [2.45, 2.75) is 18.5 Å². The summed E-state index contributed by atoms with van der Waals surface area (Å²) >= 11 is 0. The lowest BCUT2D eigenvalue weighted by molar-refractivity contribution is -0.138. The molecule has 5 heteroatoms. The van der Waals surface area contributed by atoms with Crippen LogP contribution in [-0.4, -0.2) is 37.1 Å². The van der Waals surface area contributed by atoms with Crippen LogP contribution in [0.25, 0.3) is 0 Å². The molecule has 1 saturated heterocycles. The van der Waals surface area contributed by atoms with Gasteiger partial charge in [-0.1, -0.05) is 12.2 Å². The number of rotatable bonds is 0. The second kappa shape index (κ2) is 3.79. The molecule has 3 rings (SSSR count). The van der Waals surface area contributed by atoms with E-state index in [0.29, 0.717) is 13.0 Å². The SMILES string of the molecule is O=C1N[C@H]2COC/C=C\C[C@@H]1NC2=O. The van der Waals surface area contributed by atoms with E-state index in [-0.39, 0.29) is 18.4 Å². The highest BCUT2D eigenvalue weighted by Gasteiger charge is 2.33. The summed E-state index contributed by atoms with van der Waals surface area (Å²) in [7, 11) is 0. The van der Waals surface area contributed by atoms with Crippen molar-refractivity contribution < 1.29 is 14.3 Å². The average molecular weight is 196 g/mol. The summed E-state index contributed by atoms with van der Waals surface area (Å²) < 4.78 is 5.19. The van der Waals surface area contributed by atoms with Gasteiger partial charge >= 0.3 is 0 Å². The minimum absolute atomic E-state index is 0.134. The van der Waals surface area contributed by atoms with Crippen LogP contribution in [0, 0.1) is 0 Å². The zero-order chi connectivity index (χ0) is 9.97. The molecule has 3 aliphatic heterocycles. The Bertz CT molecular complexity index is 288. The van der Waals surface area contributed by atoms with E-state index >= 15 is 0 Å². The third-order valence-electron chi connectivity index (χ3n) is 2.30. The molecule has 0 aromatic carbocycles. The molecule has 2 bridgehead atoms. The van der Waals surface area contributed by atoms with Gasteiger partial charge in [0.2, 0.25) is 11.8 Å². The number of hydrogen-bond acceptors (Lipinski definition) is 3. The zero-order valence-electron chi connectivity index (χ0n) is 7.66. The van der Waals surface area contributed by atoms with E-state index in [4.69, 9.17) is 4.74 Å². The van der Waals surface area contributed by atoms with Crippen molar-refractivity contribution in [3.8, 4) is 0 Å². The lowest BCUT2D eigenvalue weighted by Crippen LogP contribution is -2.63. The van der Waals surface area contributed by atoms with Crippen molar-refractivity contribution in [2.75, 3.05) is 13.2 Å². The molecule has 3 aliphatic rings. The van der Waals surface area contributed by atoms with E-state index in [1.165, 1.54) is 0 Å². The Morgan fingerprint density at radius 2 is 1.86 bits per heavy atom. The van der Waals surface area contributed by atoms with Gasteiger partial charge in [0.15, 0.2) is 0 Å². The third kappa shape index (κ3) is 1.77. The maximum Gasteiger partial charge on any atom is 0.245 e. The molecular weight excluding hydrogens is 184 g/mol. The van der Waals surface area contributed by atoms with Crippen LogP contribution in [0.2, 0.25) is 0 Å². The molecule has 0 unspecified atom stereocenters. The summed E-state index contributed by atoms with van der Waals surface area (Å²) in [5.41, 5.74) is 0. The summed E-state index contributed by atoms with van der Waals surface area (Å²) in [5, 5.41) is 5.28. The quantitative estimate of drug-likeness (QED) is 0.486. The number of nitrogens with one attached hydrogen (secondary N) is 2. The van der Waals surface area contributed by atoms with E-state index in [0.717, 1.165) is 0 Å². The molecule has 0 saturated carbocycles. The van der Waals surface area contributed by atoms with Crippen molar-refractivity contribution in [1.29, 1.82) is 0 Å². The highest BCUT2D eigenvalue weighted by atomic mass is 16.5. The monoisotopic (exact) mass is 196 g/mol. The fourth-order valence-electron chi connectivity index (χ4n) is 1.51. The van der Waals surface area contributed by atoms with Crippen LogP contribution in [0.1, 0.15) is 6.42 Å². The summed E-state index contributed by atoms with van der Waals surface area (Å²) in [5.74, 6) is -0.297. The van der Waals surface area contributed by atoms with Crippen molar-refractivity contribution in [3.05, 3.63) is 12.2 Å². The summed E-state index contributed by atoms with van der Waals surface area (Å²) in [6.45, 7) is 0.723. The number of fused-ring (bicyclic) bond motifs is 6. The van der Waals surface area contributed by atoms with Gasteiger partial charge in [0.05, 0.1) is 13.2 Å². The van der Waals surface area contributed by atoms with Gasteiger partial charge in [-0.05, 0) is 6.42 Å². The molecule has 0 aromatic heterocycles. The Hall–Kier alpha value is -1.36. The molecule has 14 heavy (non-hydrogen) atoms. The molecule has 2 atom stereocenters. The van der Waals surface area contributed by atoms with Crippen molar-refractivity contribution in [2.24, 2.45) is 0 Å². The molecule has 2 amide bonds. The van der Waals surface area contributed by atoms with Crippen molar-refractivity contribution in [3.63, 3.8) is 0 Å². The van der Waals surface area contributed by atoms with Gasteiger partial charge in [-0.2, -0.15) is 0 Å². The predicted molar refractivity (Wildman–Crippen MR) is 48.4 cm³/mol. The first-order chi connectivity index (χ1) is 6.77. The van der Waals surface area contributed by atoms with E-state index < -0.39 is 12.1 Å². The number of amides is 2. The lowest BCUT2D eigenvalue weighted by Gasteiger charge is -2.29. The number of piperazine rings is 1. The molecular formula is C9H12N2O3. The van der Waals surface area contributed by atoms with E-state index in [1.54, 1.807) is 0 Å². The minimum Gasteiger partial charge on any atom is -0.375 e. The Balaban J connectivity index is 2.16. The molecule has 1 fully saturated rings. The molecule has 5 nitrogen and oxygen atoms in total. The lowest BCUT2D eigenvalue weighted by atomic mass is 10.1. The maximum absolute atomic E-state index is 11.4. The van der Waals surface area contributed by atoms with E-state index in [9.17, 15) is 9.59 Å². The highest BCUT2D eigenvalue weighted by molar-refractivity contribution is 5.97. The van der Waals surface area contributed by atoms with E-state index in [1.807, 2.05) is 12.2 Å². The smallest absolute Gasteiger partial charge is 0.245 e. The molecule has 76 valence electrons. The first kappa shape index (κ1) is 9.21. The van der Waals surface area contributed by atoms with Crippen LogP contribution in [0.5, 0.6) is 0 Å². The standard InChI is InChI=1S/C9H12N2O3/c12-8-6-3-1-2-4-14-5-7(11-8)9(13)10-6/h1-2,6-7H,3-5H2,(H,10,13)(H,11,12)/b2-1-/t6-,7-/m0/s1. The molecule has 0 aliphatic carbocycles. The van der Waals surface area contributed by atoms with Crippen LogP contribution < -0.4 is 10.6 Å². The summed E-state index contributed by atoms with van der Waals surface area (Å²) in [6, 6.07) is -0.960. The molecule has 0 radical (unpaired) electrons. The van der Waals surface area contributed by atoms with Gasteiger partial charge in [0.25, 0.3) is 0 Å². The van der Waals surface area contributed by atoms with Gasteiger partial charge in [-0.3, -0.25) is 9.59 Å². The predicted octanol–water partition coefficient (Wildman–Crippen LogP) is -1.05. The largest absolute Gasteiger partial charge is 0.375 e. The second-order valence-electron chi connectivity index (χ2n) is 3.37. The van der Waals surface area contributed by atoms with Gasteiger partial charge in [0.1, 0.15) is 12.1 Å². The second-order valence-corrected chi connectivity index (χ2v) is 3.37. The first-order valence-electron chi connectivity index (χ1n) is 4.61. The first-order valence-corrected chi connectivity index (χ1v) is 4.61. The summed E-state index contributed by atoms with van der Waals surface area (Å²) in [4.78, 5) is 22.8. The topological polar surface area (TPSA) is 67.4 Å². The fraction of sp³-hybridized carbons (Fsp3) is 0.556. The highest BCUT2D eigenvalue weighted by Crippen LogP contribution is 2.04. The van der Waals surface area contributed by atoms with Crippen LogP contribution in [-0.2, 0) is 14.3 Å². The van der Waals surface area contributed by atoms with Gasteiger partial charge in [-0.25, -0.2) is 0 Å². The third-order valence-corrected chi connectivity index (χ3v) is 2.30. The Morgan fingerprint density at radius 1 is 1.14 bits per heavy atom. The maximum atomic E-state index is 11.4. The van der Waals surface area contributed by atoms with Crippen LogP contribution in [0.3, 0.4) is 0 Å². The van der Waals surface area contributed by atoms with Gasteiger partial charge in [-0.15, -0.1) is 0 Å². The fourth-order valence-corrected chi connectivity index (χ4v) is 1.51. The van der Waals surface area contributed by atoms with Crippen molar-refractivity contribution >= 4 is 11.8 Å². The Kier molecular flexibility index (Phi) is 2.49. The van der Waals surface area contributed by atoms with Crippen LogP contribution in [0.15, 0.2) is 12.2 Å². The number of carbonyl (C=O) groups is 2. The van der Waals surface area contributed by atoms with Crippen molar-refractivity contribution in [1.82, 2.24) is 10.6 Å². The minimum atomic E-state index is -0.537. The number of ether oxygens (including phenoxy) is 1. The summed E-state index contributed by atoms with van der Waals surface area (Å²) in [6.07, 6.45) is 4.23.